The Kier molecular flexibility index (Phi) is 8.86. The quantitative estimate of drug-likeness (QED) is 0.181. The molecule has 0 aliphatic rings. The third-order valence-corrected chi connectivity index (χ3v) is 7.85. The number of aromatic nitrogens is 6. The van der Waals surface area contributed by atoms with E-state index in [1.165, 1.54) is 0 Å². The first-order chi connectivity index (χ1) is 22.1. The molecule has 0 radical (unpaired) electrons. The van der Waals surface area contributed by atoms with Gasteiger partial charge in [-0.1, -0.05) is 92.7 Å². The largest absolute Gasteiger partial charge is 0.320 e. The van der Waals surface area contributed by atoms with Crippen molar-refractivity contribution in [3.8, 4) is 22.5 Å². The number of imidazole rings is 1. The number of amides is 1. The fourth-order valence-corrected chi connectivity index (χ4v) is 5.68. The van der Waals surface area contributed by atoms with Crippen LogP contribution in [0.4, 0.5) is 5.69 Å². The first kappa shape index (κ1) is 29.6. The van der Waals surface area contributed by atoms with Crippen LogP contribution in [-0.2, 0) is 24.3 Å². The molecule has 226 valence electrons. The molecule has 0 unspecified atom stereocenters. The first-order valence-electron chi connectivity index (χ1n) is 15.4. The topological polar surface area (TPSA) is 110 Å². The van der Waals surface area contributed by atoms with Crippen LogP contribution in [0.1, 0.15) is 50.1 Å². The Morgan fingerprint density at radius 1 is 0.844 bits per heavy atom. The second-order valence-electron chi connectivity index (χ2n) is 11.1. The van der Waals surface area contributed by atoms with Crippen molar-refractivity contribution in [3.63, 3.8) is 0 Å². The van der Waals surface area contributed by atoms with Gasteiger partial charge in [-0.15, -0.1) is 10.2 Å². The molecular weight excluding hydrogens is 562 g/mol. The Labute approximate surface area is 261 Å². The molecule has 45 heavy (non-hydrogen) atoms. The molecule has 2 heterocycles. The number of benzene rings is 3. The highest BCUT2D eigenvalue weighted by Crippen LogP contribution is 2.30. The molecule has 0 bridgehead atoms. The maximum atomic E-state index is 13.6. The Hall–Kier alpha value is -5.44. The van der Waals surface area contributed by atoms with Crippen LogP contribution in [0.15, 0.2) is 102 Å². The van der Waals surface area contributed by atoms with E-state index in [2.05, 4.69) is 51.8 Å². The molecule has 2 aromatic heterocycles. The maximum Gasteiger partial charge on any atom is 0.227 e. The summed E-state index contributed by atoms with van der Waals surface area (Å²) in [5.74, 6) is 1.41. The van der Waals surface area contributed by atoms with E-state index < -0.39 is 0 Å². The highest BCUT2D eigenvalue weighted by Gasteiger charge is 2.19. The van der Waals surface area contributed by atoms with Gasteiger partial charge in [-0.05, 0) is 58.5 Å². The number of hydrogen-bond acceptors (Lipinski definition) is 6. The predicted molar refractivity (Wildman–Crippen MR) is 177 cm³/mol. The number of anilines is 1. The molecule has 0 aliphatic carbocycles. The standard InChI is InChI=1S/C36H35N7O2/c1-3-10-33-37-31-22-28(42(34(45)11-4-2)23-25-12-6-5-7-13-25)20-21-32(44)35(31)43(33)24-26-16-18-27(19-17-26)29-14-8-9-15-30(29)36-38-40-41-39-36/h5-9,12-22H,3-4,10-11,23-24H2,1-2H3,(H,38,39,40,41). The van der Waals surface area contributed by atoms with Gasteiger partial charge >= 0.3 is 0 Å². The molecule has 0 aliphatic heterocycles. The number of rotatable bonds is 11. The average molecular weight is 598 g/mol. The van der Waals surface area contributed by atoms with Crippen LogP contribution in [0.5, 0.6) is 0 Å². The van der Waals surface area contributed by atoms with E-state index in [0.717, 1.165) is 52.9 Å². The van der Waals surface area contributed by atoms with Crippen LogP contribution in [0.3, 0.4) is 0 Å². The molecule has 1 N–H and O–H groups in total. The van der Waals surface area contributed by atoms with Gasteiger partial charge in [0.1, 0.15) is 11.3 Å². The van der Waals surface area contributed by atoms with Crippen LogP contribution >= 0.6 is 0 Å². The van der Waals surface area contributed by atoms with Crippen LogP contribution in [0, 0.1) is 0 Å². The molecule has 6 rings (SSSR count). The minimum Gasteiger partial charge on any atom is -0.320 e. The van der Waals surface area contributed by atoms with Crippen LogP contribution in [0.25, 0.3) is 33.5 Å². The fourth-order valence-electron chi connectivity index (χ4n) is 5.68. The summed E-state index contributed by atoms with van der Waals surface area (Å²) in [4.78, 5) is 33.7. The van der Waals surface area contributed by atoms with Gasteiger partial charge < -0.3 is 9.47 Å². The molecule has 9 heteroatoms. The summed E-state index contributed by atoms with van der Waals surface area (Å²) in [6.07, 6.45) is 2.77. The van der Waals surface area contributed by atoms with Crippen molar-refractivity contribution in [2.24, 2.45) is 0 Å². The lowest BCUT2D eigenvalue weighted by molar-refractivity contribution is -0.118. The number of carbonyl (C=O) groups excluding carboxylic acids is 1. The molecule has 1 amide bonds. The summed E-state index contributed by atoms with van der Waals surface area (Å²) < 4.78 is 2.03. The van der Waals surface area contributed by atoms with Crippen molar-refractivity contribution in [2.75, 3.05) is 4.90 Å². The lowest BCUT2D eigenvalue weighted by Gasteiger charge is -2.22. The number of aryl methyl sites for hydroxylation is 1. The molecule has 6 aromatic rings. The highest BCUT2D eigenvalue weighted by atomic mass is 16.2. The number of fused-ring (bicyclic) bond motifs is 1. The Morgan fingerprint density at radius 2 is 1.60 bits per heavy atom. The third-order valence-electron chi connectivity index (χ3n) is 7.85. The van der Waals surface area contributed by atoms with Gasteiger partial charge in [0, 0.05) is 30.6 Å². The summed E-state index contributed by atoms with van der Waals surface area (Å²) in [6.45, 7) is 5.02. The van der Waals surface area contributed by atoms with Crippen molar-refractivity contribution in [1.29, 1.82) is 0 Å². The number of hydrogen-bond donors (Lipinski definition) is 1. The zero-order valence-electron chi connectivity index (χ0n) is 25.5. The molecular formula is C36H35N7O2. The summed E-state index contributed by atoms with van der Waals surface area (Å²) in [7, 11) is 0. The Balaban J connectivity index is 1.37. The number of nitrogens with zero attached hydrogens (tertiary/aromatic N) is 6. The van der Waals surface area contributed by atoms with Crippen LogP contribution in [-0.4, -0.2) is 36.1 Å². The van der Waals surface area contributed by atoms with Crippen molar-refractivity contribution >= 4 is 22.6 Å². The lowest BCUT2D eigenvalue weighted by Crippen LogP contribution is -2.29. The van der Waals surface area contributed by atoms with Crippen molar-refractivity contribution in [2.45, 2.75) is 52.6 Å². The van der Waals surface area contributed by atoms with E-state index >= 15 is 0 Å². The normalized spacial score (nSPS) is 11.2. The minimum absolute atomic E-state index is 0.0161. The minimum atomic E-state index is -0.126. The van der Waals surface area contributed by atoms with E-state index in [4.69, 9.17) is 4.98 Å². The van der Waals surface area contributed by atoms with Gasteiger partial charge in [-0.3, -0.25) is 9.59 Å². The molecule has 4 aromatic carbocycles. The first-order valence-corrected chi connectivity index (χ1v) is 15.4. The van der Waals surface area contributed by atoms with Gasteiger partial charge in [0.15, 0.2) is 0 Å². The Bertz CT molecular complexity index is 1970. The summed E-state index contributed by atoms with van der Waals surface area (Å²) in [5, 5.41) is 14.5. The molecule has 0 spiro atoms. The van der Waals surface area contributed by atoms with Crippen molar-refractivity contribution < 1.29 is 4.79 Å². The lowest BCUT2D eigenvalue weighted by atomic mass is 9.98. The maximum absolute atomic E-state index is 13.6. The van der Waals surface area contributed by atoms with Crippen molar-refractivity contribution in [1.82, 2.24) is 30.2 Å². The van der Waals surface area contributed by atoms with E-state index in [0.29, 0.717) is 42.1 Å². The van der Waals surface area contributed by atoms with Gasteiger partial charge in [-0.25, -0.2) is 4.98 Å². The van der Waals surface area contributed by atoms with Gasteiger partial charge in [0.25, 0.3) is 0 Å². The predicted octanol–water partition coefficient (Wildman–Crippen LogP) is 6.58. The zero-order valence-corrected chi connectivity index (χ0v) is 25.5. The summed E-state index contributed by atoms with van der Waals surface area (Å²) >= 11 is 0. The molecule has 0 saturated carbocycles. The van der Waals surface area contributed by atoms with Gasteiger partial charge in [0.05, 0.1) is 12.1 Å². The SMILES string of the molecule is CCCC(=O)N(Cc1ccccc1)c1ccc(=O)c2c(c1)nc(CCC)n2Cc1ccc(-c2ccccc2-c2nn[nH]n2)cc1. The number of carbonyl (C=O) groups is 1. The third kappa shape index (κ3) is 6.43. The Morgan fingerprint density at radius 3 is 2.31 bits per heavy atom. The molecule has 9 nitrogen and oxygen atoms in total. The summed E-state index contributed by atoms with van der Waals surface area (Å²) in [6, 6.07) is 31.4. The second kappa shape index (κ2) is 13.5. The number of aromatic amines is 1. The monoisotopic (exact) mass is 597 g/mol. The molecule has 0 atom stereocenters. The van der Waals surface area contributed by atoms with Crippen LogP contribution in [0.2, 0.25) is 0 Å². The fraction of sp³-hybridized carbons (Fsp3) is 0.222. The van der Waals surface area contributed by atoms with Gasteiger partial charge in [-0.2, -0.15) is 5.21 Å². The van der Waals surface area contributed by atoms with Crippen LogP contribution < -0.4 is 10.3 Å². The zero-order chi connectivity index (χ0) is 31.2. The second-order valence-corrected chi connectivity index (χ2v) is 11.1. The van der Waals surface area contributed by atoms with Gasteiger partial charge in [0.2, 0.25) is 17.2 Å². The number of H-pyrrole nitrogens is 1. The highest BCUT2D eigenvalue weighted by molar-refractivity contribution is 5.94. The van der Waals surface area contributed by atoms with E-state index in [-0.39, 0.29) is 11.3 Å². The number of nitrogens with one attached hydrogen (secondary N) is 1. The van der Waals surface area contributed by atoms with Crippen molar-refractivity contribution in [3.05, 3.63) is 124 Å². The summed E-state index contributed by atoms with van der Waals surface area (Å²) in [5.41, 5.74) is 6.66. The average Bonchev–Trinajstić information content (AvgIpc) is 3.68. The smallest absolute Gasteiger partial charge is 0.227 e. The molecule has 0 saturated heterocycles. The van der Waals surface area contributed by atoms with E-state index in [1.807, 2.05) is 72.2 Å². The van der Waals surface area contributed by atoms with E-state index in [1.54, 1.807) is 17.0 Å². The van der Waals surface area contributed by atoms with E-state index in [9.17, 15) is 9.59 Å². The molecule has 0 fully saturated rings. The number of tetrazole rings is 1.